The third kappa shape index (κ3) is 6.67. The molecule has 2 aromatic carbocycles. The summed E-state index contributed by atoms with van der Waals surface area (Å²) in [4.78, 5) is 35.9. The van der Waals surface area contributed by atoms with Crippen LogP contribution in [0.25, 0.3) is 0 Å². The standard InChI is InChI=1S/C19H22N4O3S/c1-2-21-19(26)13-6-5-7-14(10-13)23-18(25)11-22-15-8-3-4-9-16(15)27-12-17(20)24/h3-10,22H,2,11-12H2,1H3,(H2,20,24)(H,21,26)(H,23,25). The lowest BCUT2D eigenvalue weighted by Crippen LogP contribution is -2.24. The molecule has 0 atom stereocenters. The number of thioether (sulfide) groups is 1. The molecule has 8 heteroatoms. The van der Waals surface area contributed by atoms with Crippen LogP contribution in [0.15, 0.2) is 53.4 Å². The van der Waals surface area contributed by atoms with E-state index >= 15 is 0 Å². The summed E-state index contributed by atoms with van der Waals surface area (Å²) in [5.41, 5.74) is 6.95. The first-order chi connectivity index (χ1) is 13.0. The fraction of sp³-hybridized carbons (Fsp3) is 0.211. The highest BCUT2D eigenvalue weighted by molar-refractivity contribution is 8.00. The van der Waals surface area contributed by atoms with Crippen molar-refractivity contribution in [2.75, 3.05) is 29.5 Å². The Bertz CT molecular complexity index is 826. The SMILES string of the molecule is CCNC(=O)c1cccc(NC(=O)CNc2ccccc2SCC(N)=O)c1. The van der Waals surface area contributed by atoms with Gasteiger partial charge in [-0.1, -0.05) is 18.2 Å². The molecule has 0 saturated heterocycles. The van der Waals surface area contributed by atoms with Crippen LogP contribution in [-0.2, 0) is 9.59 Å². The van der Waals surface area contributed by atoms with Crippen LogP contribution in [0, 0.1) is 0 Å². The van der Waals surface area contributed by atoms with E-state index in [1.54, 1.807) is 24.3 Å². The molecule has 27 heavy (non-hydrogen) atoms. The summed E-state index contributed by atoms with van der Waals surface area (Å²) in [6.07, 6.45) is 0. The van der Waals surface area contributed by atoms with Crippen molar-refractivity contribution < 1.29 is 14.4 Å². The molecule has 0 aliphatic rings. The number of carbonyl (C=O) groups is 3. The summed E-state index contributed by atoms with van der Waals surface area (Å²) in [6.45, 7) is 2.42. The monoisotopic (exact) mass is 386 g/mol. The van der Waals surface area contributed by atoms with E-state index in [1.807, 2.05) is 31.2 Å². The van der Waals surface area contributed by atoms with Gasteiger partial charge in [0, 0.05) is 28.4 Å². The smallest absolute Gasteiger partial charge is 0.251 e. The van der Waals surface area contributed by atoms with Crippen molar-refractivity contribution in [3.05, 3.63) is 54.1 Å². The highest BCUT2D eigenvalue weighted by atomic mass is 32.2. The van der Waals surface area contributed by atoms with Crippen LogP contribution in [-0.4, -0.2) is 36.6 Å². The first-order valence-corrected chi connectivity index (χ1v) is 9.40. The Hall–Kier alpha value is -3.00. The number of nitrogens with one attached hydrogen (secondary N) is 3. The van der Waals surface area contributed by atoms with Gasteiger partial charge >= 0.3 is 0 Å². The predicted molar refractivity (Wildman–Crippen MR) is 108 cm³/mol. The van der Waals surface area contributed by atoms with Gasteiger partial charge in [-0.3, -0.25) is 14.4 Å². The average molecular weight is 386 g/mol. The van der Waals surface area contributed by atoms with E-state index in [9.17, 15) is 14.4 Å². The summed E-state index contributed by atoms with van der Waals surface area (Å²) in [7, 11) is 0. The summed E-state index contributed by atoms with van der Waals surface area (Å²) in [5.74, 6) is -0.679. The Kier molecular flexibility index (Phi) is 7.69. The molecule has 0 unspecified atom stereocenters. The van der Waals surface area contributed by atoms with Crippen molar-refractivity contribution in [1.82, 2.24) is 5.32 Å². The van der Waals surface area contributed by atoms with Crippen LogP contribution in [0.5, 0.6) is 0 Å². The molecule has 0 fully saturated rings. The van der Waals surface area contributed by atoms with Gasteiger partial charge in [-0.05, 0) is 37.3 Å². The lowest BCUT2D eigenvalue weighted by atomic mass is 10.2. The minimum atomic E-state index is -0.403. The van der Waals surface area contributed by atoms with E-state index in [1.165, 1.54) is 11.8 Å². The van der Waals surface area contributed by atoms with E-state index in [0.29, 0.717) is 17.8 Å². The van der Waals surface area contributed by atoms with Gasteiger partial charge in [0.1, 0.15) is 0 Å². The summed E-state index contributed by atoms with van der Waals surface area (Å²) < 4.78 is 0. The Morgan fingerprint density at radius 3 is 2.59 bits per heavy atom. The number of nitrogens with two attached hydrogens (primary N) is 1. The quantitative estimate of drug-likeness (QED) is 0.493. The van der Waals surface area contributed by atoms with E-state index in [-0.39, 0.29) is 24.1 Å². The van der Waals surface area contributed by atoms with Crippen molar-refractivity contribution in [3.63, 3.8) is 0 Å². The Morgan fingerprint density at radius 2 is 1.85 bits per heavy atom. The molecule has 5 N–H and O–H groups in total. The molecular weight excluding hydrogens is 364 g/mol. The van der Waals surface area contributed by atoms with Gasteiger partial charge in [0.25, 0.3) is 5.91 Å². The second-order valence-corrected chi connectivity index (χ2v) is 6.61. The lowest BCUT2D eigenvalue weighted by molar-refractivity contribution is -0.116. The van der Waals surface area contributed by atoms with E-state index in [4.69, 9.17) is 5.73 Å². The maximum Gasteiger partial charge on any atom is 0.251 e. The van der Waals surface area contributed by atoms with Crippen LogP contribution >= 0.6 is 11.8 Å². The second-order valence-electron chi connectivity index (χ2n) is 5.59. The minimum Gasteiger partial charge on any atom is -0.375 e. The molecule has 142 valence electrons. The highest BCUT2D eigenvalue weighted by Crippen LogP contribution is 2.26. The van der Waals surface area contributed by atoms with Crippen LogP contribution in [0.4, 0.5) is 11.4 Å². The van der Waals surface area contributed by atoms with Crippen LogP contribution < -0.4 is 21.7 Å². The van der Waals surface area contributed by atoms with Gasteiger partial charge in [0.05, 0.1) is 12.3 Å². The Balaban J connectivity index is 1.94. The normalized spacial score (nSPS) is 10.1. The van der Waals surface area contributed by atoms with Crippen LogP contribution in [0.3, 0.4) is 0 Å². The number of carbonyl (C=O) groups excluding carboxylic acids is 3. The molecule has 0 aromatic heterocycles. The first kappa shape index (κ1) is 20.3. The summed E-state index contributed by atoms with van der Waals surface area (Å²) in [5, 5.41) is 8.52. The first-order valence-electron chi connectivity index (χ1n) is 8.41. The van der Waals surface area contributed by atoms with Crippen molar-refractivity contribution in [1.29, 1.82) is 0 Å². The molecule has 0 heterocycles. The fourth-order valence-corrected chi connectivity index (χ4v) is 3.04. The van der Waals surface area contributed by atoms with E-state index < -0.39 is 5.91 Å². The molecule has 0 spiro atoms. The van der Waals surface area contributed by atoms with Gasteiger partial charge in [0.2, 0.25) is 11.8 Å². The number of hydrogen-bond acceptors (Lipinski definition) is 5. The fourth-order valence-electron chi connectivity index (χ4n) is 2.27. The predicted octanol–water partition coefficient (Wildman–Crippen LogP) is 2.06. The maximum absolute atomic E-state index is 12.2. The van der Waals surface area contributed by atoms with Crippen LogP contribution in [0.2, 0.25) is 0 Å². The maximum atomic E-state index is 12.2. The van der Waals surface area contributed by atoms with Gasteiger partial charge in [-0.2, -0.15) is 0 Å². The van der Waals surface area contributed by atoms with Crippen molar-refractivity contribution >= 4 is 40.9 Å². The molecule has 0 aliphatic heterocycles. The zero-order valence-electron chi connectivity index (χ0n) is 15.0. The lowest BCUT2D eigenvalue weighted by Gasteiger charge is -2.12. The number of hydrogen-bond donors (Lipinski definition) is 4. The zero-order valence-corrected chi connectivity index (χ0v) is 15.8. The van der Waals surface area contributed by atoms with Crippen molar-refractivity contribution in [2.45, 2.75) is 11.8 Å². The molecule has 0 saturated carbocycles. The summed E-state index contributed by atoms with van der Waals surface area (Å²) in [6, 6.07) is 14.1. The largest absolute Gasteiger partial charge is 0.375 e. The molecule has 0 radical (unpaired) electrons. The van der Waals surface area contributed by atoms with Gasteiger partial charge < -0.3 is 21.7 Å². The third-order valence-corrected chi connectivity index (χ3v) is 4.54. The Labute approximate surface area is 162 Å². The van der Waals surface area contributed by atoms with Crippen LogP contribution in [0.1, 0.15) is 17.3 Å². The zero-order chi connectivity index (χ0) is 19.6. The number of amides is 3. The summed E-state index contributed by atoms with van der Waals surface area (Å²) >= 11 is 1.31. The van der Waals surface area contributed by atoms with Crippen molar-refractivity contribution in [3.8, 4) is 0 Å². The Morgan fingerprint density at radius 1 is 1.07 bits per heavy atom. The average Bonchev–Trinajstić information content (AvgIpc) is 2.65. The molecular formula is C19H22N4O3S. The molecule has 3 amide bonds. The minimum absolute atomic E-state index is 0.0412. The van der Waals surface area contributed by atoms with Gasteiger partial charge in [0.15, 0.2) is 0 Å². The number of rotatable bonds is 9. The molecule has 2 aromatic rings. The number of primary amides is 1. The van der Waals surface area contributed by atoms with Gasteiger partial charge in [-0.25, -0.2) is 0 Å². The van der Waals surface area contributed by atoms with Gasteiger partial charge in [-0.15, -0.1) is 11.8 Å². The van der Waals surface area contributed by atoms with E-state index in [0.717, 1.165) is 10.6 Å². The van der Waals surface area contributed by atoms with E-state index in [2.05, 4.69) is 16.0 Å². The number of benzene rings is 2. The second kappa shape index (κ2) is 10.2. The number of para-hydroxylation sites is 1. The molecule has 0 aliphatic carbocycles. The number of anilines is 2. The van der Waals surface area contributed by atoms with Crippen molar-refractivity contribution in [2.24, 2.45) is 5.73 Å². The highest BCUT2D eigenvalue weighted by Gasteiger charge is 2.09. The topological polar surface area (TPSA) is 113 Å². The third-order valence-electron chi connectivity index (χ3n) is 3.44. The molecule has 0 bridgehead atoms. The molecule has 2 rings (SSSR count). The molecule has 7 nitrogen and oxygen atoms in total.